The third-order valence-electron chi connectivity index (χ3n) is 5.36. The summed E-state index contributed by atoms with van der Waals surface area (Å²) < 4.78 is 5.33. The molecule has 2 heterocycles. The zero-order valence-electron chi connectivity index (χ0n) is 13.2. The monoisotopic (exact) mass is 290 g/mol. The van der Waals surface area contributed by atoms with Gasteiger partial charge in [0.15, 0.2) is 0 Å². The molecular formula is C17H26N2O2. The lowest BCUT2D eigenvalue weighted by molar-refractivity contribution is 0.0647. The molecule has 1 aliphatic heterocycles. The van der Waals surface area contributed by atoms with E-state index in [1.165, 1.54) is 25.7 Å². The van der Waals surface area contributed by atoms with Gasteiger partial charge in [-0.3, -0.25) is 4.79 Å². The van der Waals surface area contributed by atoms with Crippen molar-refractivity contribution in [1.82, 2.24) is 10.1 Å². The van der Waals surface area contributed by atoms with Crippen LogP contribution in [0.4, 0.5) is 0 Å². The van der Waals surface area contributed by atoms with Gasteiger partial charge in [-0.05, 0) is 38.0 Å². The van der Waals surface area contributed by atoms with Crippen LogP contribution in [-0.4, -0.2) is 28.6 Å². The molecule has 21 heavy (non-hydrogen) atoms. The first-order valence-corrected chi connectivity index (χ1v) is 8.48. The largest absolute Gasteiger partial charge is 0.351 e. The van der Waals surface area contributed by atoms with E-state index in [1.54, 1.807) is 0 Å². The van der Waals surface area contributed by atoms with E-state index in [9.17, 15) is 4.79 Å². The molecule has 2 aliphatic rings. The molecule has 0 spiro atoms. The first kappa shape index (κ1) is 14.6. The third kappa shape index (κ3) is 2.85. The quantitative estimate of drug-likeness (QED) is 0.842. The second kappa shape index (κ2) is 6.20. The fourth-order valence-electron chi connectivity index (χ4n) is 3.85. The van der Waals surface area contributed by atoms with Crippen molar-refractivity contribution in [3.8, 4) is 0 Å². The van der Waals surface area contributed by atoms with Crippen LogP contribution in [0.1, 0.15) is 81.0 Å². The van der Waals surface area contributed by atoms with Crippen molar-refractivity contribution in [3.05, 3.63) is 17.5 Å². The van der Waals surface area contributed by atoms with E-state index in [2.05, 4.69) is 23.9 Å². The number of carbonyl (C=O) groups excluding carboxylic acids is 1. The Labute approximate surface area is 126 Å². The lowest BCUT2D eigenvalue weighted by Crippen LogP contribution is -2.39. The standard InChI is InChI=1S/C17H26N2O2/c1-3-12(2)14-11-16(21-18-14)17(20)19-10-6-9-15(19)13-7-4-5-8-13/h11-13,15H,3-10H2,1-2H3/t12-,15-/m0/s1. The van der Waals surface area contributed by atoms with Gasteiger partial charge in [-0.2, -0.15) is 0 Å². The molecule has 1 aliphatic carbocycles. The van der Waals surface area contributed by atoms with Crippen LogP contribution in [0.5, 0.6) is 0 Å². The SMILES string of the molecule is CC[C@H](C)c1cc(C(=O)N2CCC[C@H]2C2CCCC2)on1. The fourth-order valence-corrected chi connectivity index (χ4v) is 3.85. The second-order valence-corrected chi connectivity index (χ2v) is 6.68. The molecule has 1 saturated heterocycles. The summed E-state index contributed by atoms with van der Waals surface area (Å²) in [7, 11) is 0. The maximum Gasteiger partial charge on any atom is 0.292 e. The van der Waals surface area contributed by atoms with Crippen LogP contribution < -0.4 is 0 Å². The maximum absolute atomic E-state index is 12.7. The van der Waals surface area contributed by atoms with Gasteiger partial charge in [0.05, 0.1) is 5.69 Å². The molecule has 3 rings (SSSR count). The van der Waals surface area contributed by atoms with E-state index in [4.69, 9.17) is 4.52 Å². The predicted octanol–water partition coefficient (Wildman–Crippen LogP) is 3.98. The van der Waals surface area contributed by atoms with E-state index in [1.807, 2.05) is 6.07 Å². The molecule has 2 atom stereocenters. The molecule has 4 heteroatoms. The average Bonchev–Trinajstić information content (AvgIpc) is 3.25. The van der Waals surface area contributed by atoms with Crippen molar-refractivity contribution in [2.45, 2.75) is 70.8 Å². The normalized spacial score (nSPS) is 24.7. The second-order valence-electron chi connectivity index (χ2n) is 6.68. The summed E-state index contributed by atoms with van der Waals surface area (Å²) >= 11 is 0. The number of hydrogen-bond donors (Lipinski definition) is 0. The number of carbonyl (C=O) groups is 1. The number of nitrogens with zero attached hydrogens (tertiary/aromatic N) is 2. The van der Waals surface area contributed by atoms with Gasteiger partial charge in [-0.1, -0.05) is 31.8 Å². The summed E-state index contributed by atoms with van der Waals surface area (Å²) in [5.41, 5.74) is 0.900. The molecule has 4 nitrogen and oxygen atoms in total. The molecule has 1 aromatic heterocycles. The number of likely N-dealkylation sites (tertiary alicyclic amines) is 1. The zero-order chi connectivity index (χ0) is 14.8. The summed E-state index contributed by atoms with van der Waals surface area (Å²) in [6.07, 6.45) is 8.50. The van der Waals surface area contributed by atoms with Gasteiger partial charge in [-0.15, -0.1) is 0 Å². The number of aromatic nitrogens is 1. The predicted molar refractivity (Wildman–Crippen MR) is 81.2 cm³/mol. The summed E-state index contributed by atoms with van der Waals surface area (Å²) in [5, 5.41) is 4.08. The Balaban J connectivity index is 1.72. The van der Waals surface area contributed by atoms with Crippen molar-refractivity contribution in [1.29, 1.82) is 0 Å². The van der Waals surface area contributed by atoms with Crippen LogP contribution in [0.3, 0.4) is 0 Å². The summed E-state index contributed by atoms with van der Waals surface area (Å²) in [6, 6.07) is 2.28. The number of amides is 1. The van der Waals surface area contributed by atoms with Crippen LogP contribution in [0.25, 0.3) is 0 Å². The smallest absolute Gasteiger partial charge is 0.292 e. The van der Waals surface area contributed by atoms with Gasteiger partial charge < -0.3 is 9.42 Å². The summed E-state index contributed by atoms with van der Waals surface area (Å²) in [5.74, 6) is 1.52. The molecular weight excluding hydrogens is 264 g/mol. The van der Waals surface area contributed by atoms with Gasteiger partial charge in [0.25, 0.3) is 5.91 Å². The molecule has 0 unspecified atom stereocenters. The minimum atomic E-state index is 0.0476. The van der Waals surface area contributed by atoms with Gasteiger partial charge in [-0.25, -0.2) is 0 Å². The summed E-state index contributed by atoms with van der Waals surface area (Å²) in [6.45, 7) is 5.11. The van der Waals surface area contributed by atoms with E-state index in [0.29, 0.717) is 23.6 Å². The highest BCUT2D eigenvalue weighted by atomic mass is 16.5. The Morgan fingerprint density at radius 3 is 2.86 bits per heavy atom. The third-order valence-corrected chi connectivity index (χ3v) is 5.36. The fraction of sp³-hybridized carbons (Fsp3) is 0.765. The Hall–Kier alpha value is -1.32. The molecule has 0 N–H and O–H groups in total. The van der Waals surface area contributed by atoms with Crippen molar-refractivity contribution in [2.24, 2.45) is 5.92 Å². The van der Waals surface area contributed by atoms with E-state index >= 15 is 0 Å². The minimum Gasteiger partial charge on any atom is -0.351 e. The van der Waals surface area contributed by atoms with E-state index < -0.39 is 0 Å². The van der Waals surface area contributed by atoms with Gasteiger partial charge in [0, 0.05) is 24.6 Å². The summed E-state index contributed by atoms with van der Waals surface area (Å²) in [4.78, 5) is 14.8. The molecule has 2 fully saturated rings. The Bertz CT molecular complexity index is 491. The first-order valence-electron chi connectivity index (χ1n) is 8.48. The van der Waals surface area contributed by atoms with Crippen LogP contribution in [0.2, 0.25) is 0 Å². The Morgan fingerprint density at radius 2 is 2.14 bits per heavy atom. The van der Waals surface area contributed by atoms with Crippen molar-refractivity contribution < 1.29 is 9.32 Å². The lowest BCUT2D eigenvalue weighted by Gasteiger charge is -2.28. The van der Waals surface area contributed by atoms with Crippen molar-refractivity contribution in [2.75, 3.05) is 6.54 Å². The van der Waals surface area contributed by atoms with Gasteiger partial charge in [0.1, 0.15) is 0 Å². The molecule has 1 aromatic rings. The van der Waals surface area contributed by atoms with E-state index in [0.717, 1.165) is 31.5 Å². The average molecular weight is 290 g/mol. The van der Waals surface area contributed by atoms with Crippen LogP contribution >= 0.6 is 0 Å². The Kier molecular flexibility index (Phi) is 4.32. The number of hydrogen-bond acceptors (Lipinski definition) is 3. The van der Waals surface area contributed by atoms with E-state index in [-0.39, 0.29) is 5.91 Å². The van der Waals surface area contributed by atoms with Crippen LogP contribution in [0.15, 0.2) is 10.6 Å². The lowest BCUT2D eigenvalue weighted by atomic mass is 9.96. The Morgan fingerprint density at radius 1 is 1.38 bits per heavy atom. The van der Waals surface area contributed by atoms with Crippen LogP contribution in [-0.2, 0) is 0 Å². The molecule has 1 amide bonds. The van der Waals surface area contributed by atoms with Crippen molar-refractivity contribution >= 4 is 5.91 Å². The topological polar surface area (TPSA) is 46.3 Å². The first-order chi connectivity index (χ1) is 10.2. The molecule has 0 radical (unpaired) electrons. The number of rotatable bonds is 4. The molecule has 0 bridgehead atoms. The van der Waals surface area contributed by atoms with Crippen LogP contribution in [0, 0.1) is 5.92 Å². The highest BCUT2D eigenvalue weighted by molar-refractivity contribution is 5.92. The van der Waals surface area contributed by atoms with Crippen molar-refractivity contribution in [3.63, 3.8) is 0 Å². The molecule has 0 aromatic carbocycles. The molecule has 116 valence electrons. The highest BCUT2D eigenvalue weighted by Crippen LogP contribution is 2.36. The minimum absolute atomic E-state index is 0.0476. The highest BCUT2D eigenvalue weighted by Gasteiger charge is 2.37. The zero-order valence-corrected chi connectivity index (χ0v) is 13.2. The van der Waals surface area contributed by atoms with Gasteiger partial charge >= 0.3 is 0 Å². The molecule has 1 saturated carbocycles. The van der Waals surface area contributed by atoms with Gasteiger partial charge in [0.2, 0.25) is 5.76 Å². The maximum atomic E-state index is 12.7.